The Morgan fingerprint density at radius 1 is 1.14 bits per heavy atom. The molecule has 0 unspecified atom stereocenters. The second-order valence-corrected chi connectivity index (χ2v) is 6.41. The fraction of sp³-hybridized carbons (Fsp3) is 0.688. The van der Waals surface area contributed by atoms with E-state index in [0.717, 1.165) is 58.8 Å². The Labute approximate surface area is 127 Å². The van der Waals surface area contributed by atoms with Crippen LogP contribution in [-0.4, -0.2) is 71.3 Å². The van der Waals surface area contributed by atoms with E-state index in [0.29, 0.717) is 0 Å². The Morgan fingerprint density at radius 3 is 2.67 bits per heavy atom. The average Bonchev–Trinajstić information content (AvgIpc) is 2.80. The van der Waals surface area contributed by atoms with Crippen molar-refractivity contribution in [2.75, 3.05) is 45.8 Å². The number of β-amino-alcohol motifs (C(OH)–C–C–N with tert-alkyl or cyclic N) is 1. The number of aromatic nitrogens is 1. The summed E-state index contributed by atoms with van der Waals surface area (Å²) in [7, 11) is 0. The highest BCUT2D eigenvalue weighted by atomic mass is 16.3. The second-order valence-electron chi connectivity index (χ2n) is 6.41. The molecule has 2 N–H and O–H groups in total. The van der Waals surface area contributed by atoms with E-state index in [1.54, 1.807) is 0 Å². The first-order valence-corrected chi connectivity index (χ1v) is 8.00. The van der Waals surface area contributed by atoms with Crippen LogP contribution in [0.25, 0.3) is 0 Å². The molecule has 2 aliphatic heterocycles. The summed E-state index contributed by atoms with van der Waals surface area (Å²) in [6.45, 7) is 7.85. The van der Waals surface area contributed by atoms with Crippen molar-refractivity contribution in [2.45, 2.75) is 25.0 Å². The number of rotatable bonds is 4. The van der Waals surface area contributed by atoms with Crippen LogP contribution >= 0.6 is 0 Å². The van der Waals surface area contributed by atoms with Crippen molar-refractivity contribution < 1.29 is 5.11 Å². The molecule has 2 fully saturated rings. The van der Waals surface area contributed by atoms with Crippen LogP contribution < -0.4 is 5.32 Å². The molecule has 2 aliphatic rings. The maximum atomic E-state index is 10.5. The summed E-state index contributed by atoms with van der Waals surface area (Å²) in [5, 5.41) is 13.8. The Morgan fingerprint density at radius 2 is 1.90 bits per heavy atom. The second kappa shape index (κ2) is 6.83. The number of pyridine rings is 1. The lowest BCUT2D eigenvalue weighted by Crippen LogP contribution is -2.45. The van der Waals surface area contributed by atoms with Gasteiger partial charge in [0.15, 0.2) is 0 Å². The van der Waals surface area contributed by atoms with E-state index in [4.69, 9.17) is 0 Å². The molecule has 1 aromatic rings. The summed E-state index contributed by atoms with van der Waals surface area (Å²) < 4.78 is 0. The van der Waals surface area contributed by atoms with Crippen LogP contribution in [-0.2, 0) is 6.54 Å². The topological polar surface area (TPSA) is 51.6 Å². The third-order valence-electron chi connectivity index (χ3n) is 4.58. The minimum absolute atomic E-state index is 0.514. The molecule has 0 spiro atoms. The van der Waals surface area contributed by atoms with E-state index in [-0.39, 0.29) is 0 Å². The molecular weight excluding hydrogens is 264 g/mol. The number of nitrogens with one attached hydrogen (secondary N) is 1. The van der Waals surface area contributed by atoms with Gasteiger partial charge in [0.1, 0.15) is 0 Å². The molecule has 116 valence electrons. The first-order chi connectivity index (χ1) is 10.2. The minimum atomic E-state index is -0.514. The van der Waals surface area contributed by atoms with E-state index in [1.165, 1.54) is 12.0 Å². The smallest absolute Gasteiger partial charge is 0.0909 e. The molecule has 0 aromatic carbocycles. The molecule has 0 bridgehead atoms. The Bertz CT molecular complexity index is 433. The molecule has 5 heteroatoms. The fourth-order valence-corrected chi connectivity index (χ4v) is 3.37. The van der Waals surface area contributed by atoms with Gasteiger partial charge >= 0.3 is 0 Å². The molecule has 2 saturated heterocycles. The van der Waals surface area contributed by atoms with Gasteiger partial charge in [-0.2, -0.15) is 0 Å². The van der Waals surface area contributed by atoms with Crippen LogP contribution in [0.4, 0.5) is 0 Å². The van der Waals surface area contributed by atoms with E-state index in [2.05, 4.69) is 32.2 Å². The van der Waals surface area contributed by atoms with E-state index >= 15 is 0 Å². The van der Waals surface area contributed by atoms with Crippen LogP contribution in [0.1, 0.15) is 18.4 Å². The van der Waals surface area contributed by atoms with Crippen molar-refractivity contribution in [3.63, 3.8) is 0 Å². The maximum absolute atomic E-state index is 10.5. The largest absolute Gasteiger partial charge is 0.387 e. The van der Waals surface area contributed by atoms with Gasteiger partial charge in [-0.3, -0.25) is 14.8 Å². The standard InChI is InChI=1S/C16H26N4O/c21-16(4-7-18-13-16)14-20-9-1-8-19(10-11-20)12-15-2-5-17-6-3-15/h2-3,5-6,18,21H,1,4,7-14H2/t16-/m1/s1. The first-order valence-electron chi connectivity index (χ1n) is 8.00. The fourth-order valence-electron chi connectivity index (χ4n) is 3.37. The highest BCUT2D eigenvalue weighted by Gasteiger charge is 2.33. The van der Waals surface area contributed by atoms with Crippen molar-refractivity contribution >= 4 is 0 Å². The van der Waals surface area contributed by atoms with E-state index in [1.807, 2.05) is 12.4 Å². The molecule has 3 rings (SSSR count). The van der Waals surface area contributed by atoms with Crippen LogP contribution in [0.5, 0.6) is 0 Å². The van der Waals surface area contributed by atoms with E-state index < -0.39 is 5.60 Å². The normalized spacial score (nSPS) is 28.6. The minimum Gasteiger partial charge on any atom is -0.387 e. The number of hydrogen-bond donors (Lipinski definition) is 2. The lowest BCUT2D eigenvalue weighted by molar-refractivity contribution is 0.0219. The molecular formula is C16H26N4O. The monoisotopic (exact) mass is 290 g/mol. The van der Waals surface area contributed by atoms with Crippen LogP contribution in [0.2, 0.25) is 0 Å². The van der Waals surface area contributed by atoms with Crippen molar-refractivity contribution in [3.8, 4) is 0 Å². The average molecular weight is 290 g/mol. The van der Waals surface area contributed by atoms with E-state index in [9.17, 15) is 5.11 Å². The van der Waals surface area contributed by atoms with Gasteiger partial charge in [0, 0.05) is 45.1 Å². The first kappa shape index (κ1) is 14.9. The lowest BCUT2D eigenvalue weighted by Gasteiger charge is -2.30. The third-order valence-corrected chi connectivity index (χ3v) is 4.58. The molecule has 0 radical (unpaired) electrons. The Hall–Kier alpha value is -1.01. The molecule has 1 atom stereocenters. The molecule has 0 saturated carbocycles. The number of aliphatic hydroxyl groups is 1. The zero-order chi connectivity index (χ0) is 14.5. The molecule has 3 heterocycles. The summed E-state index contributed by atoms with van der Waals surface area (Å²) in [6.07, 6.45) is 5.78. The van der Waals surface area contributed by atoms with Crippen molar-refractivity contribution in [2.24, 2.45) is 0 Å². The highest BCUT2D eigenvalue weighted by Crippen LogP contribution is 2.17. The summed E-state index contributed by atoms with van der Waals surface area (Å²) in [6, 6.07) is 4.19. The molecule has 0 aliphatic carbocycles. The maximum Gasteiger partial charge on any atom is 0.0909 e. The summed E-state index contributed by atoms with van der Waals surface area (Å²) in [5.41, 5.74) is 0.817. The number of nitrogens with zero attached hydrogens (tertiary/aromatic N) is 3. The third kappa shape index (κ3) is 4.23. The zero-order valence-electron chi connectivity index (χ0n) is 12.7. The van der Waals surface area contributed by atoms with Crippen LogP contribution in [0.15, 0.2) is 24.5 Å². The molecule has 5 nitrogen and oxygen atoms in total. The predicted molar refractivity (Wildman–Crippen MR) is 83.0 cm³/mol. The predicted octanol–water partition coefficient (Wildman–Crippen LogP) is 0.314. The zero-order valence-corrected chi connectivity index (χ0v) is 12.7. The molecule has 1 aromatic heterocycles. The van der Waals surface area contributed by atoms with Gasteiger partial charge in [-0.05, 0) is 50.2 Å². The van der Waals surface area contributed by atoms with Crippen molar-refractivity contribution in [3.05, 3.63) is 30.1 Å². The van der Waals surface area contributed by atoms with Gasteiger partial charge in [0.05, 0.1) is 5.60 Å². The quantitative estimate of drug-likeness (QED) is 0.836. The lowest BCUT2D eigenvalue weighted by atomic mass is 10.0. The van der Waals surface area contributed by atoms with Gasteiger partial charge in [-0.15, -0.1) is 0 Å². The Balaban J connectivity index is 1.50. The van der Waals surface area contributed by atoms with Crippen molar-refractivity contribution in [1.82, 2.24) is 20.1 Å². The highest BCUT2D eigenvalue weighted by molar-refractivity contribution is 5.09. The van der Waals surface area contributed by atoms with Gasteiger partial charge < -0.3 is 10.4 Å². The summed E-state index contributed by atoms with van der Waals surface area (Å²) in [4.78, 5) is 9.01. The van der Waals surface area contributed by atoms with Gasteiger partial charge in [-0.1, -0.05) is 0 Å². The SMILES string of the molecule is O[C@]1(CN2CCCN(Cc3ccncc3)CC2)CCNC1. The number of hydrogen-bond acceptors (Lipinski definition) is 5. The Kier molecular flexibility index (Phi) is 4.85. The summed E-state index contributed by atoms with van der Waals surface area (Å²) >= 11 is 0. The van der Waals surface area contributed by atoms with Crippen molar-refractivity contribution in [1.29, 1.82) is 0 Å². The molecule has 21 heavy (non-hydrogen) atoms. The van der Waals surface area contributed by atoms with Crippen LogP contribution in [0.3, 0.4) is 0 Å². The van der Waals surface area contributed by atoms with Gasteiger partial charge in [0.25, 0.3) is 0 Å². The van der Waals surface area contributed by atoms with Gasteiger partial charge in [-0.25, -0.2) is 0 Å². The molecule has 0 amide bonds. The van der Waals surface area contributed by atoms with Crippen LogP contribution in [0, 0.1) is 0 Å². The van der Waals surface area contributed by atoms with Gasteiger partial charge in [0.2, 0.25) is 0 Å². The summed E-state index contributed by atoms with van der Waals surface area (Å²) in [5.74, 6) is 0.